The van der Waals surface area contributed by atoms with Crippen molar-refractivity contribution >= 4 is 0 Å². The number of hydrogen-bond donors (Lipinski definition) is 0. The van der Waals surface area contributed by atoms with Crippen LogP contribution in [0.3, 0.4) is 0 Å². The number of hydrogen-bond acceptors (Lipinski definition) is 2. The van der Waals surface area contributed by atoms with Gasteiger partial charge in [0.2, 0.25) is 0 Å². The van der Waals surface area contributed by atoms with Crippen LogP contribution in [0.1, 0.15) is 66.7 Å². The highest BCUT2D eigenvalue weighted by Crippen LogP contribution is 2.34. The number of nitriles is 1. The number of nitrogens with zero attached hydrogens (tertiary/aromatic N) is 2. The molecule has 0 bridgehead atoms. The van der Waals surface area contributed by atoms with Crippen LogP contribution in [0.2, 0.25) is 0 Å². The lowest BCUT2D eigenvalue weighted by atomic mass is 9.78. The largest absolute Gasteiger partial charge is 0.296 e. The van der Waals surface area contributed by atoms with Crippen LogP contribution in [0.4, 0.5) is 0 Å². The van der Waals surface area contributed by atoms with Crippen molar-refractivity contribution in [3.05, 3.63) is 0 Å². The Bertz CT molecular complexity index is 288. The van der Waals surface area contributed by atoms with Gasteiger partial charge >= 0.3 is 0 Å². The van der Waals surface area contributed by atoms with Crippen LogP contribution in [-0.2, 0) is 0 Å². The summed E-state index contributed by atoms with van der Waals surface area (Å²) in [5.41, 5.74) is 0. The van der Waals surface area contributed by atoms with Gasteiger partial charge in [-0.2, -0.15) is 5.26 Å². The molecule has 1 fully saturated rings. The Balaban J connectivity index is 2.89. The van der Waals surface area contributed by atoms with E-state index in [4.69, 9.17) is 0 Å². The fraction of sp³-hybridized carbons (Fsp3) is 0.941. The van der Waals surface area contributed by atoms with Crippen LogP contribution < -0.4 is 0 Å². The third-order valence-electron chi connectivity index (χ3n) is 4.66. The smallest absolute Gasteiger partial charge is 0.0672 e. The molecule has 2 heteroatoms. The minimum Gasteiger partial charge on any atom is -0.296 e. The Morgan fingerprint density at radius 1 is 1.21 bits per heavy atom. The quantitative estimate of drug-likeness (QED) is 0.708. The first-order chi connectivity index (χ1) is 9.03. The first-order valence-corrected chi connectivity index (χ1v) is 8.18. The van der Waals surface area contributed by atoms with Gasteiger partial charge in [0, 0.05) is 18.6 Å². The molecular weight excluding hydrogens is 232 g/mol. The average Bonchev–Trinajstić information content (AvgIpc) is 2.38. The first kappa shape index (κ1) is 16.5. The van der Waals surface area contributed by atoms with E-state index in [-0.39, 0.29) is 5.92 Å². The van der Waals surface area contributed by atoms with E-state index in [0.717, 1.165) is 18.9 Å². The molecule has 0 N–H and O–H groups in total. The van der Waals surface area contributed by atoms with Crippen LogP contribution in [-0.4, -0.2) is 23.5 Å². The molecule has 0 amide bonds. The lowest BCUT2D eigenvalue weighted by molar-refractivity contribution is 0.0505. The van der Waals surface area contributed by atoms with Crippen LogP contribution in [0.5, 0.6) is 0 Å². The molecule has 0 spiro atoms. The topological polar surface area (TPSA) is 27.0 Å². The zero-order chi connectivity index (χ0) is 14.4. The third kappa shape index (κ3) is 4.49. The lowest BCUT2D eigenvalue weighted by Gasteiger charge is -2.44. The van der Waals surface area contributed by atoms with Gasteiger partial charge in [0.05, 0.1) is 12.0 Å². The van der Waals surface area contributed by atoms with Crippen molar-refractivity contribution < 1.29 is 0 Å². The molecule has 0 aliphatic heterocycles. The van der Waals surface area contributed by atoms with E-state index in [2.05, 4.69) is 45.6 Å². The van der Waals surface area contributed by atoms with E-state index in [1.165, 1.54) is 25.7 Å². The van der Waals surface area contributed by atoms with Gasteiger partial charge in [-0.05, 0) is 43.9 Å². The summed E-state index contributed by atoms with van der Waals surface area (Å²) in [7, 11) is 0. The molecule has 3 atom stereocenters. The van der Waals surface area contributed by atoms with Crippen LogP contribution >= 0.6 is 0 Å². The van der Waals surface area contributed by atoms with Crippen molar-refractivity contribution in [3.8, 4) is 6.07 Å². The summed E-state index contributed by atoms with van der Waals surface area (Å²) in [6.45, 7) is 12.7. The molecule has 0 aromatic carbocycles. The van der Waals surface area contributed by atoms with E-state index in [9.17, 15) is 5.26 Å². The second-order valence-corrected chi connectivity index (χ2v) is 6.78. The van der Waals surface area contributed by atoms with Crippen molar-refractivity contribution in [1.29, 1.82) is 5.26 Å². The minimum absolute atomic E-state index is 0.246. The molecule has 110 valence electrons. The van der Waals surface area contributed by atoms with Crippen LogP contribution in [0.25, 0.3) is 0 Å². The predicted molar refractivity (Wildman–Crippen MR) is 81.8 cm³/mol. The highest BCUT2D eigenvalue weighted by molar-refractivity contribution is 4.98. The highest BCUT2D eigenvalue weighted by atomic mass is 15.2. The summed E-state index contributed by atoms with van der Waals surface area (Å²) < 4.78 is 0. The van der Waals surface area contributed by atoms with Crippen molar-refractivity contribution in [3.63, 3.8) is 0 Å². The van der Waals surface area contributed by atoms with Crippen molar-refractivity contribution in [1.82, 2.24) is 4.90 Å². The number of rotatable bonds is 6. The van der Waals surface area contributed by atoms with E-state index in [1.54, 1.807) is 0 Å². The molecule has 1 aliphatic rings. The normalized spacial score (nSPS) is 28.1. The van der Waals surface area contributed by atoms with Crippen molar-refractivity contribution in [2.75, 3.05) is 6.54 Å². The Morgan fingerprint density at radius 2 is 1.84 bits per heavy atom. The maximum absolute atomic E-state index is 9.48. The van der Waals surface area contributed by atoms with Crippen molar-refractivity contribution in [2.45, 2.75) is 78.8 Å². The fourth-order valence-corrected chi connectivity index (χ4v) is 3.60. The van der Waals surface area contributed by atoms with Gasteiger partial charge in [-0.1, -0.05) is 34.6 Å². The third-order valence-corrected chi connectivity index (χ3v) is 4.66. The molecule has 0 radical (unpaired) electrons. The lowest BCUT2D eigenvalue weighted by Crippen LogP contribution is -2.50. The van der Waals surface area contributed by atoms with E-state index in [1.807, 2.05) is 0 Å². The Labute approximate surface area is 120 Å². The maximum Gasteiger partial charge on any atom is 0.0672 e. The summed E-state index contributed by atoms with van der Waals surface area (Å²) in [5.74, 6) is 1.70. The average molecular weight is 264 g/mol. The van der Waals surface area contributed by atoms with Gasteiger partial charge in [-0.25, -0.2) is 0 Å². The summed E-state index contributed by atoms with van der Waals surface area (Å²) >= 11 is 0. The zero-order valence-corrected chi connectivity index (χ0v) is 13.5. The fourth-order valence-electron chi connectivity index (χ4n) is 3.60. The van der Waals surface area contributed by atoms with Gasteiger partial charge in [0.25, 0.3) is 0 Å². The Kier molecular flexibility index (Phi) is 6.86. The standard InChI is InChI=1S/C17H32N2/c1-6-16(7-2)19(12-13(3)4)17-10-14(5)8-9-15(17)11-18/h13-17H,6-10,12H2,1-5H3. The zero-order valence-electron chi connectivity index (χ0n) is 13.5. The molecule has 0 heterocycles. The second-order valence-electron chi connectivity index (χ2n) is 6.78. The van der Waals surface area contributed by atoms with E-state index in [0.29, 0.717) is 18.0 Å². The molecule has 0 aromatic rings. The molecule has 0 saturated heterocycles. The molecule has 1 saturated carbocycles. The second kappa shape index (κ2) is 7.90. The monoisotopic (exact) mass is 264 g/mol. The molecule has 3 unspecified atom stereocenters. The molecule has 0 aromatic heterocycles. The molecule has 1 aliphatic carbocycles. The molecule has 2 nitrogen and oxygen atoms in total. The summed E-state index contributed by atoms with van der Waals surface area (Å²) in [6.07, 6.45) is 5.93. The summed E-state index contributed by atoms with van der Waals surface area (Å²) in [5, 5.41) is 9.48. The predicted octanol–water partition coefficient (Wildman–Crippen LogP) is 4.46. The van der Waals surface area contributed by atoms with Gasteiger partial charge in [-0.3, -0.25) is 4.90 Å². The van der Waals surface area contributed by atoms with Gasteiger partial charge in [0.15, 0.2) is 0 Å². The highest BCUT2D eigenvalue weighted by Gasteiger charge is 2.35. The molecule has 1 rings (SSSR count). The Morgan fingerprint density at radius 3 is 2.32 bits per heavy atom. The SMILES string of the molecule is CCC(CC)N(CC(C)C)C1CC(C)CCC1C#N. The van der Waals surface area contributed by atoms with E-state index < -0.39 is 0 Å². The summed E-state index contributed by atoms with van der Waals surface area (Å²) in [6, 6.07) is 3.72. The molecular formula is C17H32N2. The Hall–Kier alpha value is -0.550. The van der Waals surface area contributed by atoms with E-state index >= 15 is 0 Å². The summed E-state index contributed by atoms with van der Waals surface area (Å²) in [4.78, 5) is 2.67. The van der Waals surface area contributed by atoms with Crippen molar-refractivity contribution in [2.24, 2.45) is 17.8 Å². The van der Waals surface area contributed by atoms with Gasteiger partial charge < -0.3 is 0 Å². The van der Waals surface area contributed by atoms with Gasteiger partial charge in [-0.15, -0.1) is 0 Å². The maximum atomic E-state index is 9.48. The van der Waals surface area contributed by atoms with Gasteiger partial charge in [0.1, 0.15) is 0 Å². The van der Waals surface area contributed by atoms with Crippen LogP contribution in [0.15, 0.2) is 0 Å². The minimum atomic E-state index is 0.246. The van der Waals surface area contributed by atoms with Crippen LogP contribution in [0, 0.1) is 29.1 Å². The molecule has 19 heavy (non-hydrogen) atoms. The first-order valence-electron chi connectivity index (χ1n) is 8.18.